The van der Waals surface area contributed by atoms with E-state index >= 15 is 0 Å². The Labute approximate surface area is 128 Å². The summed E-state index contributed by atoms with van der Waals surface area (Å²) in [5, 5.41) is 5.99. The highest BCUT2D eigenvalue weighted by Crippen LogP contribution is 2.23. The molecule has 2 heterocycles. The Kier molecular flexibility index (Phi) is 3.92. The lowest BCUT2D eigenvalue weighted by molar-refractivity contribution is 0.168. The number of carbonyl (C=O) groups is 1. The van der Waals surface area contributed by atoms with Crippen LogP contribution < -0.4 is 5.32 Å². The average molecular weight is 301 g/mol. The van der Waals surface area contributed by atoms with Crippen LogP contribution >= 0.6 is 11.3 Å². The molecule has 110 valence electrons. The van der Waals surface area contributed by atoms with Crippen molar-refractivity contribution in [2.75, 3.05) is 0 Å². The van der Waals surface area contributed by atoms with E-state index in [1.807, 2.05) is 23.3 Å². The predicted octanol–water partition coefficient (Wildman–Crippen LogP) is 3.11. The third-order valence-electron chi connectivity index (χ3n) is 3.85. The molecule has 0 saturated heterocycles. The standard InChI is InChI=1S/C16H19N3OS/c1-11-7-13-5-3-4-6-14(13)9-19(11)16(20)17-8-15-10-21-12(2)18-15/h3-6,10-11H,7-9H2,1-2H3,(H,17,20). The van der Waals surface area contributed by atoms with Crippen molar-refractivity contribution in [2.45, 2.75) is 39.4 Å². The van der Waals surface area contributed by atoms with Crippen molar-refractivity contribution in [3.8, 4) is 0 Å². The van der Waals surface area contributed by atoms with E-state index in [4.69, 9.17) is 0 Å². The molecule has 1 N–H and O–H groups in total. The number of amides is 2. The Bertz CT molecular complexity index is 652. The van der Waals surface area contributed by atoms with Crippen molar-refractivity contribution in [1.29, 1.82) is 0 Å². The number of thiazole rings is 1. The van der Waals surface area contributed by atoms with Gasteiger partial charge in [-0.25, -0.2) is 9.78 Å². The van der Waals surface area contributed by atoms with Crippen molar-refractivity contribution in [2.24, 2.45) is 0 Å². The fraction of sp³-hybridized carbons (Fsp3) is 0.375. The van der Waals surface area contributed by atoms with Crippen LogP contribution in [0.15, 0.2) is 29.6 Å². The first-order valence-electron chi connectivity index (χ1n) is 7.16. The first-order valence-corrected chi connectivity index (χ1v) is 8.03. The number of fused-ring (bicyclic) bond motifs is 1. The summed E-state index contributed by atoms with van der Waals surface area (Å²) in [7, 11) is 0. The lowest BCUT2D eigenvalue weighted by Gasteiger charge is -2.34. The van der Waals surface area contributed by atoms with E-state index in [-0.39, 0.29) is 12.1 Å². The number of nitrogens with zero attached hydrogens (tertiary/aromatic N) is 2. The quantitative estimate of drug-likeness (QED) is 0.926. The topological polar surface area (TPSA) is 45.2 Å². The molecule has 0 fully saturated rings. The fourth-order valence-electron chi connectivity index (χ4n) is 2.71. The van der Waals surface area contributed by atoms with Gasteiger partial charge in [0.2, 0.25) is 0 Å². The monoisotopic (exact) mass is 301 g/mol. The van der Waals surface area contributed by atoms with E-state index in [9.17, 15) is 4.79 Å². The van der Waals surface area contributed by atoms with Crippen LogP contribution in [0.2, 0.25) is 0 Å². The third-order valence-corrected chi connectivity index (χ3v) is 4.68. The van der Waals surface area contributed by atoms with E-state index in [0.29, 0.717) is 13.1 Å². The van der Waals surface area contributed by atoms with E-state index in [2.05, 4.69) is 35.4 Å². The van der Waals surface area contributed by atoms with Crippen LogP contribution in [0.25, 0.3) is 0 Å². The molecule has 3 rings (SSSR count). The summed E-state index contributed by atoms with van der Waals surface area (Å²) >= 11 is 1.61. The minimum absolute atomic E-state index is 0.0114. The molecular weight excluding hydrogens is 282 g/mol. The number of aromatic nitrogens is 1. The van der Waals surface area contributed by atoms with E-state index in [1.54, 1.807) is 11.3 Å². The van der Waals surface area contributed by atoms with Gasteiger partial charge in [0.15, 0.2) is 0 Å². The van der Waals surface area contributed by atoms with Gasteiger partial charge in [0.05, 0.1) is 17.2 Å². The van der Waals surface area contributed by atoms with Crippen molar-refractivity contribution in [3.05, 3.63) is 51.5 Å². The number of carbonyl (C=O) groups excluding carboxylic acids is 1. The van der Waals surface area contributed by atoms with Gasteiger partial charge in [-0.05, 0) is 31.4 Å². The van der Waals surface area contributed by atoms with Crippen LogP contribution in [0.1, 0.15) is 28.8 Å². The second-order valence-electron chi connectivity index (χ2n) is 5.47. The van der Waals surface area contributed by atoms with Crippen LogP contribution in [-0.2, 0) is 19.5 Å². The molecule has 0 saturated carbocycles. The van der Waals surface area contributed by atoms with Gasteiger partial charge >= 0.3 is 6.03 Å². The zero-order chi connectivity index (χ0) is 14.8. The molecule has 0 spiro atoms. The summed E-state index contributed by atoms with van der Waals surface area (Å²) in [5.41, 5.74) is 3.52. The minimum atomic E-state index is -0.0114. The molecule has 4 nitrogen and oxygen atoms in total. The Morgan fingerprint density at radius 1 is 1.43 bits per heavy atom. The van der Waals surface area contributed by atoms with Gasteiger partial charge < -0.3 is 10.2 Å². The summed E-state index contributed by atoms with van der Waals surface area (Å²) < 4.78 is 0. The van der Waals surface area contributed by atoms with Gasteiger partial charge in [-0.15, -0.1) is 11.3 Å². The number of nitrogens with one attached hydrogen (secondary N) is 1. The number of hydrogen-bond donors (Lipinski definition) is 1. The number of urea groups is 1. The van der Waals surface area contributed by atoms with Crippen LogP contribution in [0.3, 0.4) is 0 Å². The zero-order valence-electron chi connectivity index (χ0n) is 12.3. The van der Waals surface area contributed by atoms with Gasteiger partial charge in [-0.3, -0.25) is 0 Å². The summed E-state index contributed by atoms with van der Waals surface area (Å²) in [4.78, 5) is 18.7. The summed E-state index contributed by atoms with van der Waals surface area (Å²) in [6.45, 7) is 5.25. The van der Waals surface area contributed by atoms with Gasteiger partial charge in [-0.1, -0.05) is 24.3 Å². The molecule has 1 aliphatic heterocycles. The molecule has 2 amide bonds. The molecule has 1 aromatic carbocycles. The summed E-state index contributed by atoms with van der Waals surface area (Å²) in [5.74, 6) is 0. The largest absolute Gasteiger partial charge is 0.332 e. The third kappa shape index (κ3) is 3.08. The maximum absolute atomic E-state index is 12.4. The molecule has 0 bridgehead atoms. The van der Waals surface area contributed by atoms with Crippen LogP contribution in [0.5, 0.6) is 0 Å². The summed E-state index contributed by atoms with van der Waals surface area (Å²) in [6.07, 6.45) is 0.916. The molecule has 5 heteroatoms. The van der Waals surface area contributed by atoms with Crippen molar-refractivity contribution in [1.82, 2.24) is 15.2 Å². The molecule has 1 aliphatic rings. The van der Waals surface area contributed by atoms with Crippen LogP contribution in [-0.4, -0.2) is 22.0 Å². The molecule has 0 radical (unpaired) electrons. The van der Waals surface area contributed by atoms with Crippen LogP contribution in [0, 0.1) is 6.92 Å². The highest BCUT2D eigenvalue weighted by Gasteiger charge is 2.26. The van der Waals surface area contributed by atoms with Gasteiger partial charge in [-0.2, -0.15) is 0 Å². The number of hydrogen-bond acceptors (Lipinski definition) is 3. The molecule has 2 aromatic rings. The van der Waals surface area contributed by atoms with Gasteiger partial charge in [0.1, 0.15) is 0 Å². The normalized spacial score (nSPS) is 17.4. The average Bonchev–Trinajstić information content (AvgIpc) is 2.89. The molecule has 1 atom stereocenters. The Balaban J connectivity index is 1.65. The van der Waals surface area contributed by atoms with E-state index < -0.39 is 0 Å². The van der Waals surface area contributed by atoms with E-state index in [0.717, 1.165) is 17.1 Å². The van der Waals surface area contributed by atoms with Gasteiger partial charge in [0.25, 0.3) is 0 Å². The number of rotatable bonds is 2. The van der Waals surface area contributed by atoms with E-state index in [1.165, 1.54) is 11.1 Å². The van der Waals surface area contributed by atoms with Crippen LogP contribution in [0.4, 0.5) is 4.79 Å². The molecule has 21 heavy (non-hydrogen) atoms. The number of benzene rings is 1. The molecular formula is C16H19N3OS. The Morgan fingerprint density at radius 2 is 2.19 bits per heavy atom. The molecule has 0 aliphatic carbocycles. The lowest BCUT2D eigenvalue weighted by atomic mass is 9.95. The SMILES string of the molecule is Cc1nc(CNC(=O)N2Cc3ccccc3CC2C)cs1. The lowest BCUT2D eigenvalue weighted by Crippen LogP contribution is -2.47. The fourth-order valence-corrected chi connectivity index (χ4v) is 3.32. The van der Waals surface area contributed by atoms with Crippen molar-refractivity contribution in [3.63, 3.8) is 0 Å². The maximum atomic E-state index is 12.4. The van der Waals surface area contributed by atoms with Gasteiger partial charge in [0, 0.05) is 18.0 Å². The molecule has 1 unspecified atom stereocenters. The molecule has 1 aromatic heterocycles. The Hall–Kier alpha value is -1.88. The maximum Gasteiger partial charge on any atom is 0.318 e. The highest BCUT2D eigenvalue weighted by molar-refractivity contribution is 7.09. The second kappa shape index (κ2) is 5.85. The number of aryl methyl sites for hydroxylation is 1. The zero-order valence-corrected chi connectivity index (χ0v) is 13.1. The summed E-state index contributed by atoms with van der Waals surface area (Å²) in [6, 6.07) is 8.55. The first-order chi connectivity index (χ1) is 10.1. The predicted molar refractivity (Wildman–Crippen MR) is 84.2 cm³/mol. The highest BCUT2D eigenvalue weighted by atomic mass is 32.1. The Morgan fingerprint density at radius 3 is 2.90 bits per heavy atom. The van der Waals surface area contributed by atoms with Crippen molar-refractivity contribution >= 4 is 17.4 Å². The first kappa shape index (κ1) is 14.1. The second-order valence-corrected chi connectivity index (χ2v) is 6.53. The minimum Gasteiger partial charge on any atom is -0.332 e. The van der Waals surface area contributed by atoms with Crippen molar-refractivity contribution < 1.29 is 4.79 Å². The smallest absolute Gasteiger partial charge is 0.318 e.